The number of aliphatic carboxylic acids is 1. The summed E-state index contributed by atoms with van der Waals surface area (Å²) in [5, 5.41) is 9.57. The zero-order valence-corrected chi connectivity index (χ0v) is 15.6. The van der Waals surface area contributed by atoms with E-state index in [1.165, 1.54) is 44.9 Å². The molecule has 0 spiro atoms. The zero-order valence-electron chi connectivity index (χ0n) is 15.6. The first kappa shape index (κ1) is 16.7. The van der Waals surface area contributed by atoms with Crippen LogP contribution in [0.15, 0.2) is 12.2 Å². The minimum absolute atomic E-state index is 0.182. The van der Waals surface area contributed by atoms with Crippen LogP contribution >= 0.6 is 0 Å². The summed E-state index contributed by atoms with van der Waals surface area (Å²) in [6.45, 7) is 6.93. The van der Waals surface area contributed by atoms with Gasteiger partial charge in [-0.2, -0.15) is 0 Å². The molecule has 134 valence electrons. The Morgan fingerprint density at radius 1 is 1.08 bits per heavy atom. The van der Waals surface area contributed by atoms with Gasteiger partial charge in [0.15, 0.2) is 0 Å². The first-order valence-corrected chi connectivity index (χ1v) is 10.3. The van der Waals surface area contributed by atoms with Crippen molar-refractivity contribution in [1.29, 1.82) is 0 Å². The second-order valence-corrected chi connectivity index (χ2v) is 9.85. The smallest absolute Gasteiger partial charge is 0.306 e. The minimum Gasteiger partial charge on any atom is -0.481 e. The number of hydrogen-bond acceptors (Lipinski definition) is 1. The van der Waals surface area contributed by atoms with Gasteiger partial charge in [-0.3, -0.25) is 4.79 Å². The van der Waals surface area contributed by atoms with Gasteiger partial charge in [0.1, 0.15) is 0 Å². The van der Waals surface area contributed by atoms with Gasteiger partial charge in [-0.25, -0.2) is 0 Å². The van der Waals surface area contributed by atoms with Crippen LogP contribution in [0.3, 0.4) is 0 Å². The molecule has 24 heavy (non-hydrogen) atoms. The monoisotopic (exact) mass is 330 g/mol. The van der Waals surface area contributed by atoms with Crippen molar-refractivity contribution in [3.8, 4) is 0 Å². The summed E-state index contributed by atoms with van der Waals surface area (Å²) in [6, 6.07) is 0. The topological polar surface area (TPSA) is 37.3 Å². The van der Waals surface area contributed by atoms with Gasteiger partial charge >= 0.3 is 5.97 Å². The fraction of sp³-hybridized carbons (Fsp3) is 0.864. The first-order valence-electron chi connectivity index (χ1n) is 10.3. The second kappa shape index (κ2) is 5.61. The highest BCUT2D eigenvalue weighted by Gasteiger charge is 2.60. The highest BCUT2D eigenvalue weighted by molar-refractivity contribution is 5.70. The predicted molar refractivity (Wildman–Crippen MR) is 96.5 cm³/mol. The molecule has 4 rings (SSSR count). The fourth-order valence-electron chi connectivity index (χ4n) is 7.85. The number of rotatable bonds is 2. The third kappa shape index (κ3) is 2.17. The predicted octanol–water partition coefficient (Wildman–Crippen LogP) is 5.53. The maximum atomic E-state index is 11.6. The molecule has 0 aromatic rings. The van der Waals surface area contributed by atoms with E-state index in [9.17, 15) is 9.90 Å². The number of allylic oxidation sites excluding steroid dienone is 2. The van der Waals surface area contributed by atoms with Crippen LogP contribution < -0.4 is 0 Å². The Hall–Kier alpha value is -0.790. The van der Waals surface area contributed by atoms with E-state index in [1.807, 2.05) is 6.92 Å². The van der Waals surface area contributed by atoms with E-state index in [-0.39, 0.29) is 11.3 Å². The Kier molecular flexibility index (Phi) is 3.89. The van der Waals surface area contributed by atoms with Crippen LogP contribution in [0, 0.1) is 46.3 Å². The molecule has 0 radical (unpaired) electrons. The molecule has 0 heterocycles. The molecule has 3 saturated carbocycles. The van der Waals surface area contributed by atoms with E-state index in [4.69, 9.17) is 0 Å². The Morgan fingerprint density at radius 3 is 2.62 bits per heavy atom. The Balaban J connectivity index is 1.63. The lowest BCUT2D eigenvalue weighted by atomic mass is 9.45. The summed E-state index contributed by atoms with van der Waals surface area (Å²) >= 11 is 0. The zero-order chi connectivity index (χ0) is 17.1. The largest absolute Gasteiger partial charge is 0.481 e. The van der Waals surface area contributed by atoms with Gasteiger partial charge < -0.3 is 5.11 Å². The van der Waals surface area contributed by atoms with Crippen molar-refractivity contribution < 1.29 is 9.90 Å². The van der Waals surface area contributed by atoms with Gasteiger partial charge in [0, 0.05) is 0 Å². The van der Waals surface area contributed by atoms with Gasteiger partial charge in [0.05, 0.1) is 5.92 Å². The molecule has 1 N–H and O–H groups in total. The number of carbonyl (C=O) groups is 1. The highest BCUT2D eigenvalue weighted by atomic mass is 16.4. The molecule has 0 aliphatic heterocycles. The van der Waals surface area contributed by atoms with Crippen molar-refractivity contribution in [2.75, 3.05) is 0 Å². The molecule has 0 aromatic carbocycles. The average Bonchev–Trinajstić information content (AvgIpc) is 2.90. The molecule has 4 aliphatic rings. The van der Waals surface area contributed by atoms with Crippen LogP contribution in [0.5, 0.6) is 0 Å². The quantitative estimate of drug-likeness (QED) is 0.676. The maximum absolute atomic E-state index is 11.6. The molecule has 4 aliphatic carbocycles. The van der Waals surface area contributed by atoms with Gasteiger partial charge in [-0.05, 0) is 91.8 Å². The van der Waals surface area contributed by atoms with Crippen LogP contribution in [0.4, 0.5) is 0 Å². The number of carboxylic acid groups (broad SMARTS) is 1. The Morgan fingerprint density at radius 2 is 1.88 bits per heavy atom. The van der Waals surface area contributed by atoms with Gasteiger partial charge in [-0.1, -0.05) is 32.9 Å². The SMILES string of the molecule is CC(C(=O)O)[C@H]1CC[C@H]2[C@@H]3CCC4CCC=C[C@]4(C)[C@H]3CC[C@]12C. The summed E-state index contributed by atoms with van der Waals surface area (Å²) < 4.78 is 0. The normalized spacial score (nSPS) is 51.4. The van der Waals surface area contributed by atoms with Crippen molar-refractivity contribution >= 4 is 5.97 Å². The van der Waals surface area contributed by atoms with Crippen LogP contribution in [-0.2, 0) is 4.79 Å². The molecule has 0 amide bonds. The van der Waals surface area contributed by atoms with Crippen molar-refractivity contribution in [2.45, 2.75) is 72.1 Å². The van der Waals surface area contributed by atoms with Gasteiger partial charge in [0.2, 0.25) is 0 Å². The van der Waals surface area contributed by atoms with E-state index in [0.717, 1.165) is 30.1 Å². The summed E-state index contributed by atoms with van der Waals surface area (Å²) in [4.78, 5) is 11.6. The van der Waals surface area contributed by atoms with Crippen LogP contribution in [0.2, 0.25) is 0 Å². The molecule has 2 heteroatoms. The van der Waals surface area contributed by atoms with Crippen LogP contribution in [0.1, 0.15) is 72.1 Å². The molecule has 0 bridgehead atoms. The molecule has 0 saturated heterocycles. The van der Waals surface area contributed by atoms with Crippen molar-refractivity contribution in [3.63, 3.8) is 0 Å². The molecule has 0 aromatic heterocycles. The van der Waals surface area contributed by atoms with E-state index >= 15 is 0 Å². The van der Waals surface area contributed by atoms with E-state index in [0.29, 0.717) is 11.3 Å². The van der Waals surface area contributed by atoms with Crippen LogP contribution in [0.25, 0.3) is 0 Å². The minimum atomic E-state index is -0.588. The summed E-state index contributed by atoms with van der Waals surface area (Å²) in [6.07, 6.45) is 15.4. The Labute approximate surface area is 147 Å². The molecule has 3 fully saturated rings. The van der Waals surface area contributed by atoms with Gasteiger partial charge in [-0.15, -0.1) is 0 Å². The molecule has 8 atom stereocenters. The Bertz CT molecular complexity index is 552. The van der Waals surface area contributed by atoms with E-state index in [1.54, 1.807) is 0 Å². The highest BCUT2D eigenvalue weighted by Crippen LogP contribution is 2.67. The molecule has 2 nitrogen and oxygen atoms in total. The molecular weight excluding hydrogens is 296 g/mol. The molecular formula is C22H34O2. The average molecular weight is 331 g/mol. The third-order valence-electron chi connectivity index (χ3n) is 9.19. The second-order valence-electron chi connectivity index (χ2n) is 9.85. The summed E-state index contributed by atoms with van der Waals surface area (Å²) in [5.74, 6) is 2.93. The fourth-order valence-corrected chi connectivity index (χ4v) is 7.85. The number of fused-ring (bicyclic) bond motifs is 5. The lowest BCUT2D eigenvalue weighted by molar-refractivity contribution is -0.146. The number of hydrogen-bond donors (Lipinski definition) is 1. The van der Waals surface area contributed by atoms with Crippen LogP contribution in [-0.4, -0.2) is 11.1 Å². The summed E-state index contributed by atoms with van der Waals surface area (Å²) in [5.41, 5.74) is 0.680. The number of carboxylic acids is 1. The third-order valence-corrected chi connectivity index (χ3v) is 9.19. The molecule has 2 unspecified atom stereocenters. The summed E-state index contributed by atoms with van der Waals surface area (Å²) in [7, 11) is 0. The first-order chi connectivity index (χ1) is 11.4. The standard InChI is InChI=1S/C22H34O2/c1-14(20(23)24)17-9-10-18-16-8-7-15-6-4-5-12-21(15,2)19(16)11-13-22(17,18)3/h5,12,14-19H,4,6-11,13H2,1-3H3,(H,23,24)/t14?,15?,16-,17+,18-,19-,21-,22+/m0/s1. The van der Waals surface area contributed by atoms with E-state index in [2.05, 4.69) is 26.0 Å². The lowest BCUT2D eigenvalue weighted by Gasteiger charge is -2.59. The lowest BCUT2D eigenvalue weighted by Crippen LogP contribution is -2.52. The van der Waals surface area contributed by atoms with Crippen molar-refractivity contribution in [2.24, 2.45) is 46.3 Å². The van der Waals surface area contributed by atoms with Crippen molar-refractivity contribution in [3.05, 3.63) is 12.2 Å². The maximum Gasteiger partial charge on any atom is 0.306 e. The van der Waals surface area contributed by atoms with Crippen molar-refractivity contribution in [1.82, 2.24) is 0 Å². The van der Waals surface area contributed by atoms with E-state index < -0.39 is 5.97 Å². The van der Waals surface area contributed by atoms with Gasteiger partial charge in [0.25, 0.3) is 0 Å².